The molecule has 5 nitrogen and oxygen atoms in total. The standard InChI is InChI=1S/C13H19ClO5/c1-15-6-8-18-11-5-4-10(17-3)12(14)13(11)19-9-7-16-2/h4-5H,6-9H2,1-3H3. The molecule has 0 heterocycles. The van der Waals surface area contributed by atoms with Crippen LogP contribution in [-0.4, -0.2) is 47.8 Å². The van der Waals surface area contributed by atoms with Crippen LogP contribution in [0.5, 0.6) is 17.2 Å². The predicted octanol–water partition coefficient (Wildman–Crippen LogP) is 2.40. The number of benzene rings is 1. The maximum Gasteiger partial charge on any atom is 0.183 e. The molecule has 0 aromatic heterocycles. The SMILES string of the molecule is COCCOc1ccc(OC)c(Cl)c1OCCOC. The summed E-state index contributed by atoms with van der Waals surface area (Å²) in [4.78, 5) is 0. The fourth-order valence-electron chi connectivity index (χ4n) is 1.39. The Balaban J connectivity index is 2.84. The maximum absolute atomic E-state index is 6.20. The van der Waals surface area contributed by atoms with Gasteiger partial charge in [0.2, 0.25) is 0 Å². The molecule has 0 aliphatic carbocycles. The Kier molecular flexibility index (Phi) is 7.40. The second-order valence-electron chi connectivity index (χ2n) is 3.59. The smallest absolute Gasteiger partial charge is 0.183 e. The fraction of sp³-hybridized carbons (Fsp3) is 0.538. The summed E-state index contributed by atoms with van der Waals surface area (Å²) >= 11 is 6.20. The molecule has 0 saturated heterocycles. The Morgan fingerprint density at radius 2 is 1.42 bits per heavy atom. The molecule has 0 amide bonds. The van der Waals surface area contributed by atoms with Gasteiger partial charge in [0.25, 0.3) is 0 Å². The number of halogens is 1. The van der Waals surface area contributed by atoms with E-state index in [1.165, 1.54) is 0 Å². The van der Waals surface area contributed by atoms with Crippen molar-refractivity contribution in [3.05, 3.63) is 17.2 Å². The number of hydrogen-bond acceptors (Lipinski definition) is 5. The van der Waals surface area contributed by atoms with Crippen molar-refractivity contribution < 1.29 is 23.7 Å². The Hall–Kier alpha value is -1.17. The Morgan fingerprint density at radius 3 is 2.00 bits per heavy atom. The van der Waals surface area contributed by atoms with Crippen LogP contribution in [0.2, 0.25) is 5.02 Å². The molecule has 0 saturated carbocycles. The molecule has 1 rings (SSSR count). The van der Waals surface area contributed by atoms with Crippen molar-refractivity contribution in [1.82, 2.24) is 0 Å². The lowest BCUT2D eigenvalue weighted by Gasteiger charge is -2.15. The maximum atomic E-state index is 6.20. The van der Waals surface area contributed by atoms with E-state index in [4.69, 9.17) is 35.3 Å². The molecule has 0 atom stereocenters. The minimum Gasteiger partial charge on any atom is -0.495 e. The summed E-state index contributed by atoms with van der Waals surface area (Å²) in [5, 5.41) is 0.383. The van der Waals surface area contributed by atoms with Gasteiger partial charge in [-0.05, 0) is 12.1 Å². The zero-order valence-electron chi connectivity index (χ0n) is 11.4. The fourth-order valence-corrected chi connectivity index (χ4v) is 1.68. The average molecular weight is 291 g/mol. The van der Waals surface area contributed by atoms with Crippen LogP contribution in [-0.2, 0) is 9.47 Å². The van der Waals surface area contributed by atoms with Crippen molar-refractivity contribution in [3.8, 4) is 17.2 Å². The Morgan fingerprint density at radius 1 is 0.842 bits per heavy atom. The third-order valence-corrected chi connectivity index (χ3v) is 2.68. The van der Waals surface area contributed by atoms with E-state index in [1.54, 1.807) is 33.5 Å². The highest BCUT2D eigenvalue weighted by Gasteiger charge is 2.15. The van der Waals surface area contributed by atoms with Gasteiger partial charge in [0.05, 0.1) is 20.3 Å². The van der Waals surface area contributed by atoms with Gasteiger partial charge in [-0.2, -0.15) is 0 Å². The van der Waals surface area contributed by atoms with E-state index >= 15 is 0 Å². The molecule has 0 fully saturated rings. The van der Waals surface area contributed by atoms with Gasteiger partial charge < -0.3 is 23.7 Å². The molecule has 1 aromatic rings. The van der Waals surface area contributed by atoms with Crippen LogP contribution >= 0.6 is 11.6 Å². The van der Waals surface area contributed by atoms with Gasteiger partial charge in [0.1, 0.15) is 24.0 Å². The molecular weight excluding hydrogens is 272 g/mol. The molecule has 0 unspecified atom stereocenters. The van der Waals surface area contributed by atoms with Crippen LogP contribution in [0.15, 0.2) is 12.1 Å². The molecule has 0 aliphatic rings. The van der Waals surface area contributed by atoms with E-state index in [9.17, 15) is 0 Å². The number of ether oxygens (including phenoxy) is 5. The van der Waals surface area contributed by atoms with Gasteiger partial charge in [0.15, 0.2) is 11.5 Å². The van der Waals surface area contributed by atoms with Crippen LogP contribution in [0, 0.1) is 0 Å². The third kappa shape index (κ3) is 4.78. The predicted molar refractivity (Wildman–Crippen MR) is 72.7 cm³/mol. The highest BCUT2D eigenvalue weighted by molar-refractivity contribution is 6.33. The number of hydrogen-bond donors (Lipinski definition) is 0. The van der Waals surface area contributed by atoms with Gasteiger partial charge in [-0.25, -0.2) is 0 Å². The van der Waals surface area contributed by atoms with Crippen LogP contribution in [0.25, 0.3) is 0 Å². The van der Waals surface area contributed by atoms with Crippen molar-refractivity contribution in [1.29, 1.82) is 0 Å². The van der Waals surface area contributed by atoms with E-state index in [0.717, 1.165) is 0 Å². The van der Waals surface area contributed by atoms with Crippen molar-refractivity contribution >= 4 is 11.6 Å². The summed E-state index contributed by atoms with van der Waals surface area (Å²) < 4.78 is 26.2. The lowest BCUT2D eigenvalue weighted by Crippen LogP contribution is -2.09. The highest BCUT2D eigenvalue weighted by atomic mass is 35.5. The summed E-state index contributed by atoms with van der Waals surface area (Å²) in [6.07, 6.45) is 0. The van der Waals surface area contributed by atoms with Crippen molar-refractivity contribution in [2.24, 2.45) is 0 Å². The van der Waals surface area contributed by atoms with Gasteiger partial charge in [-0.1, -0.05) is 11.6 Å². The minimum atomic E-state index is 0.379. The Labute approximate surface area is 118 Å². The largest absolute Gasteiger partial charge is 0.495 e. The van der Waals surface area contributed by atoms with E-state index < -0.39 is 0 Å². The van der Waals surface area contributed by atoms with E-state index in [-0.39, 0.29) is 0 Å². The quantitative estimate of drug-likeness (QED) is 0.654. The number of rotatable bonds is 9. The Bertz CT molecular complexity index is 384. The third-order valence-electron chi connectivity index (χ3n) is 2.32. The number of methoxy groups -OCH3 is 3. The van der Waals surface area contributed by atoms with E-state index in [1.807, 2.05) is 0 Å². The van der Waals surface area contributed by atoms with Gasteiger partial charge in [-0.15, -0.1) is 0 Å². The molecule has 0 aliphatic heterocycles. The van der Waals surface area contributed by atoms with Crippen LogP contribution < -0.4 is 14.2 Å². The first-order chi connectivity index (χ1) is 9.24. The molecular formula is C13H19ClO5. The van der Waals surface area contributed by atoms with Crippen molar-refractivity contribution in [3.63, 3.8) is 0 Å². The van der Waals surface area contributed by atoms with Gasteiger partial charge in [-0.3, -0.25) is 0 Å². The first kappa shape index (κ1) is 15.9. The monoisotopic (exact) mass is 290 g/mol. The second-order valence-corrected chi connectivity index (χ2v) is 3.97. The average Bonchev–Trinajstić information content (AvgIpc) is 2.42. The summed E-state index contributed by atoms with van der Waals surface area (Å²) in [5.41, 5.74) is 0. The summed E-state index contributed by atoms with van der Waals surface area (Å²) in [5.74, 6) is 1.54. The molecule has 6 heteroatoms. The highest BCUT2D eigenvalue weighted by Crippen LogP contribution is 2.41. The summed E-state index contributed by atoms with van der Waals surface area (Å²) in [6, 6.07) is 3.48. The molecule has 0 spiro atoms. The first-order valence-electron chi connectivity index (χ1n) is 5.84. The summed E-state index contributed by atoms with van der Waals surface area (Å²) in [6.45, 7) is 1.75. The molecule has 0 radical (unpaired) electrons. The molecule has 108 valence electrons. The van der Waals surface area contributed by atoms with E-state index in [2.05, 4.69) is 0 Å². The van der Waals surface area contributed by atoms with Crippen LogP contribution in [0.4, 0.5) is 0 Å². The zero-order chi connectivity index (χ0) is 14.1. The van der Waals surface area contributed by atoms with E-state index in [0.29, 0.717) is 48.7 Å². The van der Waals surface area contributed by atoms with Crippen LogP contribution in [0.3, 0.4) is 0 Å². The normalized spacial score (nSPS) is 10.3. The topological polar surface area (TPSA) is 46.2 Å². The first-order valence-corrected chi connectivity index (χ1v) is 6.22. The molecule has 0 N–H and O–H groups in total. The molecule has 1 aromatic carbocycles. The van der Waals surface area contributed by atoms with Crippen LogP contribution in [0.1, 0.15) is 0 Å². The van der Waals surface area contributed by atoms with Gasteiger partial charge in [0, 0.05) is 14.2 Å². The summed E-state index contributed by atoms with van der Waals surface area (Å²) in [7, 11) is 4.76. The minimum absolute atomic E-state index is 0.379. The second kappa shape index (κ2) is 8.85. The zero-order valence-corrected chi connectivity index (χ0v) is 12.2. The van der Waals surface area contributed by atoms with Crippen molar-refractivity contribution in [2.45, 2.75) is 0 Å². The van der Waals surface area contributed by atoms with Gasteiger partial charge >= 0.3 is 0 Å². The molecule has 19 heavy (non-hydrogen) atoms. The lowest BCUT2D eigenvalue weighted by molar-refractivity contribution is 0.132. The lowest BCUT2D eigenvalue weighted by atomic mass is 10.3. The molecule has 0 bridgehead atoms. The van der Waals surface area contributed by atoms with Crippen molar-refractivity contribution in [2.75, 3.05) is 47.8 Å².